The summed E-state index contributed by atoms with van der Waals surface area (Å²) in [5.74, 6) is -1.18. The standard InChI is InChI=1S/C14H17NO5S/c16-13(17)14(7-9-20-10-8-14)15-21(18,19)11-6-12-4-2-1-3-5-12/h1-6,11,15H,7-10H2,(H,16,17)/b11-6+. The first-order chi connectivity index (χ1) is 9.94. The number of aliphatic carboxylic acids is 1. The van der Waals surface area contributed by atoms with Crippen molar-refractivity contribution in [1.29, 1.82) is 0 Å². The summed E-state index contributed by atoms with van der Waals surface area (Å²) in [5.41, 5.74) is -0.766. The summed E-state index contributed by atoms with van der Waals surface area (Å²) in [6.45, 7) is 0.439. The monoisotopic (exact) mass is 311 g/mol. The van der Waals surface area contributed by atoms with Crippen molar-refractivity contribution in [2.45, 2.75) is 18.4 Å². The highest BCUT2D eigenvalue weighted by Crippen LogP contribution is 2.22. The molecular formula is C14H17NO5S. The lowest BCUT2D eigenvalue weighted by Gasteiger charge is -2.32. The molecule has 0 spiro atoms. The Morgan fingerprint density at radius 1 is 1.24 bits per heavy atom. The van der Waals surface area contributed by atoms with Gasteiger partial charge in [0, 0.05) is 31.5 Å². The Hall–Kier alpha value is -1.70. The van der Waals surface area contributed by atoms with Gasteiger partial charge < -0.3 is 9.84 Å². The Morgan fingerprint density at radius 2 is 1.86 bits per heavy atom. The van der Waals surface area contributed by atoms with Gasteiger partial charge in [0.15, 0.2) is 0 Å². The average molecular weight is 311 g/mol. The van der Waals surface area contributed by atoms with Gasteiger partial charge in [0.1, 0.15) is 5.54 Å². The van der Waals surface area contributed by atoms with Gasteiger partial charge in [0.05, 0.1) is 0 Å². The van der Waals surface area contributed by atoms with E-state index < -0.39 is 21.5 Å². The SMILES string of the molecule is O=C(O)C1(NS(=O)(=O)/C=C/c2ccccc2)CCOCC1. The van der Waals surface area contributed by atoms with Crippen LogP contribution in [0.4, 0.5) is 0 Å². The molecule has 0 unspecified atom stereocenters. The van der Waals surface area contributed by atoms with Crippen LogP contribution in [-0.2, 0) is 19.6 Å². The van der Waals surface area contributed by atoms with Gasteiger partial charge in [-0.25, -0.2) is 8.42 Å². The highest BCUT2D eigenvalue weighted by Gasteiger charge is 2.42. The number of carbonyl (C=O) groups is 1. The quantitative estimate of drug-likeness (QED) is 0.852. The Kier molecular flexibility index (Phi) is 4.76. The van der Waals surface area contributed by atoms with Crippen molar-refractivity contribution in [1.82, 2.24) is 4.72 Å². The van der Waals surface area contributed by atoms with Gasteiger partial charge in [-0.15, -0.1) is 0 Å². The van der Waals surface area contributed by atoms with Crippen LogP contribution < -0.4 is 4.72 Å². The van der Waals surface area contributed by atoms with Crippen LogP contribution in [0.2, 0.25) is 0 Å². The predicted octanol–water partition coefficient (Wildman–Crippen LogP) is 1.21. The van der Waals surface area contributed by atoms with Gasteiger partial charge in [-0.3, -0.25) is 4.79 Å². The van der Waals surface area contributed by atoms with E-state index >= 15 is 0 Å². The van der Waals surface area contributed by atoms with Crippen molar-refractivity contribution in [3.05, 3.63) is 41.3 Å². The van der Waals surface area contributed by atoms with Crippen molar-refractivity contribution in [3.63, 3.8) is 0 Å². The van der Waals surface area contributed by atoms with Crippen molar-refractivity contribution in [2.24, 2.45) is 0 Å². The Morgan fingerprint density at radius 3 is 2.43 bits per heavy atom. The number of sulfonamides is 1. The Labute approximate surface area is 123 Å². The number of ether oxygens (including phenoxy) is 1. The van der Waals surface area contributed by atoms with E-state index in [0.29, 0.717) is 0 Å². The van der Waals surface area contributed by atoms with Crippen LogP contribution in [0.1, 0.15) is 18.4 Å². The van der Waals surface area contributed by atoms with E-state index in [1.807, 2.05) is 6.07 Å². The summed E-state index contributed by atoms with van der Waals surface area (Å²) in [5, 5.41) is 10.3. The number of hydrogen-bond donors (Lipinski definition) is 2. The summed E-state index contributed by atoms with van der Waals surface area (Å²) < 4.78 is 31.5. The topological polar surface area (TPSA) is 92.7 Å². The fourth-order valence-electron chi connectivity index (χ4n) is 2.12. The molecule has 2 N–H and O–H groups in total. The average Bonchev–Trinajstić information content (AvgIpc) is 2.47. The van der Waals surface area contributed by atoms with E-state index in [-0.39, 0.29) is 26.1 Å². The highest BCUT2D eigenvalue weighted by atomic mass is 32.2. The molecule has 1 saturated heterocycles. The summed E-state index contributed by atoms with van der Waals surface area (Å²) >= 11 is 0. The molecular weight excluding hydrogens is 294 g/mol. The van der Waals surface area contributed by atoms with Gasteiger partial charge in [0.25, 0.3) is 0 Å². The molecule has 0 saturated carbocycles. The van der Waals surface area contributed by atoms with Crippen LogP contribution in [0, 0.1) is 0 Å². The smallest absolute Gasteiger partial charge is 0.325 e. The molecule has 0 aromatic heterocycles. The van der Waals surface area contributed by atoms with Gasteiger partial charge in [0.2, 0.25) is 10.0 Å². The van der Waals surface area contributed by atoms with Crippen molar-refractivity contribution >= 4 is 22.1 Å². The maximum Gasteiger partial charge on any atom is 0.325 e. The fraction of sp³-hybridized carbons (Fsp3) is 0.357. The van der Waals surface area contributed by atoms with E-state index in [0.717, 1.165) is 11.0 Å². The lowest BCUT2D eigenvalue weighted by atomic mass is 9.92. The summed E-state index contributed by atoms with van der Waals surface area (Å²) in [7, 11) is -3.85. The third-order valence-electron chi connectivity index (χ3n) is 3.33. The van der Waals surface area contributed by atoms with Gasteiger partial charge in [-0.2, -0.15) is 4.72 Å². The van der Waals surface area contributed by atoms with E-state index in [2.05, 4.69) is 4.72 Å². The molecule has 1 heterocycles. The number of nitrogens with one attached hydrogen (secondary N) is 1. The molecule has 114 valence electrons. The normalized spacial score (nSPS) is 18.7. The fourth-order valence-corrected chi connectivity index (χ4v) is 3.36. The predicted molar refractivity (Wildman–Crippen MR) is 78.0 cm³/mol. The van der Waals surface area contributed by atoms with E-state index in [4.69, 9.17) is 4.74 Å². The maximum atomic E-state index is 12.1. The van der Waals surface area contributed by atoms with E-state index in [1.54, 1.807) is 24.3 Å². The maximum absolute atomic E-state index is 12.1. The first-order valence-corrected chi connectivity index (χ1v) is 8.06. The van der Waals surface area contributed by atoms with Crippen LogP contribution >= 0.6 is 0 Å². The molecule has 0 bridgehead atoms. The van der Waals surface area contributed by atoms with Crippen molar-refractivity contribution in [2.75, 3.05) is 13.2 Å². The second kappa shape index (κ2) is 6.38. The molecule has 1 aliphatic rings. The second-order valence-electron chi connectivity index (χ2n) is 4.86. The largest absolute Gasteiger partial charge is 0.480 e. The molecule has 0 radical (unpaired) electrons. The molecule has 21 heavy (non-hydrogen) atoms. The Balaban J connectivity index is 2.16. The lowest BCUT2D eigenvalue weighted by Crippen LogP contribution is -2.56. The van der Waals surface area contributed by atoms with Crippen LogP contribution in [0.15, 0.2) is 35.7 Å². The zero-order valence-electron chi connectivity index (χ0n) is 11.4. The molecule has 6 nitrogen and oxygen atoms in total. The molecule has 1 aromatic carbocycles. The third kappa shape index (κ3) is 4.13. The molecule has 1 fully saturated rings. The molecule has 7 heteroatoms. The second-order valence-corrected chi connectivity index (χ2v) is 6.43. The molecule has 0 atom stereocenters. The summed E-state index contributed by atoms with van der Waals surface area (Å²) in [6, 6.07) is 8.92. The molecule has 0 amide bonds. The third-order valence-corrected chi connectivity index (χ3v) is 4.50. The van der Waals surface area contributed by atoms with E-state index in [9.17, 15) is 18.3 Å². The highest BCUT2D eigenvalue weighted by molar-refractivity contribution is 7.92. The molecule has 0 aliphatic carbocycles. The number of hydrogen-bond acceptors (Lipinski definition) is 4. The number of carboxylic acid groups (broad SMARTS) is 1. The minimum Gasteiger partial charge on any atom is -0.480 e. The summed E-state index contributed by atoms with van der Waals surface area (Å²) in [6.07, 6.45) is 1.65. The van der Waals surface area contributed by atoms with Crippen LogP contribution in [-0.4, -0.2) is 38.2 Å². The van der Waals surface area contributed by atoms with Gasteiger partial charge in [-0.05, 0) is 11.6 Å². The minimum atomic E-state index is -3.85. The van der Waals surface area contributed by atoms with Crippen LogP contribution in [0.5, 0.6) is 0 Å². The summed E-state index contributed by atoms with van der Waals surface area (Å²) in [4.78, 5) is 11.4. The van der Waals surface area contributed by atoms with Crippen molar-refractivity contribution in [3.8, 4) is 0 Å². The van der Waals surface area contributed by atoms with Gasteiger partial charge >= 0.3 is 5.97 Å². The lowest BCUT2D eigenvalue weighted by molar-refractivity contribution is -0.147. The van der Waals surface area contributed by atoms with Gasteiger partial charge in [-0.1, -0.05) is 30.3 Å². The molecule has 2 rings (SSSR count). The first-order valence-electron chi connectivity index (χ1n) is 6.52. The number of rotatable bonds is 5. The minimum absolute atomic E-state index is 0.112. The van der Waals surface area contributed by atoms with Crippen molar-refractivity contribution < 1.29 is 23.1 Å². The first kappa shape index (κ1) is 15.7. The number of carboxylic acids is 1. The number of benzene rings is 1. The van der Waals surface area contributed by atoms with E-state index in [1.165, 1.54) is 6.08 Å². The molecule has 1 aliphatic heterocycles. The zero-order chi connectivity index (χ0) is 15.3. The van der Waals surface area contributed by atoms with Crippen LogP contribution in [0.3, 0.4) is 0 Å². The Bertz CT molecular complexity index is 618. The zero-order valence-corrected chi connectivity index (χ0v) is 12.2. The van der Waals surface area contributed by atoms with Crippen LogP contribution in [0.25, 0.3) is 6.08 Å². The molecule has 1 aromatic rings.